The molecule has 128 valence electrons. The van der Waals surface area contributed by atoms with Crippen molar-refractivity contribution in [2.45, 2.75) is 38.1 Å². The maximum atomic E-state index is 12.0. The lowest BCUT2D eigenvalue weighted by Gasteiger charge is -2.32. The highest BCUT2D eigenvalue weighted by Crippen LogP contribution is 2.26. The first kappa shape index (κ1) is 16.4. The van der Waals surface area contributed by atoms with Gasteiger partial charge in [-0.05, 0) is 38.8 Å². The fourth-order valence-electron chi connectivity index (χ4n) is 3.64. The number of hydrogen-bond acceptors (Lipinski definition) is 5. The van der Waals surface area contributed by atoms with Crippen molar-refractivity contribution in [3.63, 3.8) is 0 Å². The number of piperidine rings is 1. The first-order valence-electron chi connectivity index (χ1n) is 8.56. The van der Waals surface area contributed by atoms with Gasteiger partial charge in [0, 0.05) is 33.2 Å². The molecule has 7 nitrogen and oxygen atoms in total. The second kappa shape index (κ2) is 7.40. The van der Waals surface area contributed by atoms with Crippen LogP contribution in [-0.4, -0.2) is 70.4 Å². The van der Waals surface area contributed by atoms with Crippen LogP contribution in [0.1, 0.15) is 43.3 Å². The van der Waals surface area contributed by atoms with Crippen LogP contribution in [0.25, 0.3) is 0 Å². The maximum Gasteiger partial charge on any atom is 0.248 e. The van der Waals surface area contributed by atoms with E-state index in [1.54, 1.807) is 7.11 Å². The van der Waals surface area contributed by atoms with Crippen molar-refractivity contribution in [2.24, 2.45) is 7.05 Å². The minimum Gasteiger partial charge on any atom is -0.375 e. The van der Waals surface area contributed by atoms with Gasteiger partial charge < -0.3 is 14.2 Å². The van der Waals surface area contributed by atoms with Gasteiger partial charge >= 0.3 is 0 Å². The van der Waals surface area contributed by atoms with Crippen LogP contribution in [0.4, 0.5) is 0 Å². The van der Waals surface area contributed by atoms with Crippen molar-refractivity contribution < 1.29 is 9.53 Å². The van der Waals surface area contributed by atoms with E-state index in [1.807, 2.05) is 4.90 Å². The average molecular weight is 321 g/mol. The van der Waals surface area contributed by atoms with E-state index in [2.05, 4.69) is 26.7 Å². The minimum atomic E-state index is 0.0664. The van der Waals surface area contributed by atoms with Crippen molar-refractivity contribution in [1.82, 2.24) is 24.6 Å². The normalized spacial score (nSPS) is 22.7. The molecule has 0 spiro atoms. The third kappa shape index (κ3) is 3.72. The van der Waals surface area contributed by atoms with Crippen LogP contribution in [0.15, 0.2) is 0 Å². The number of carbonyl (C=O) groups excluding carboxylic acids is 1. The highest BCUT2D eigenvalue weighted by atomic mass is 16.5. The van der Waals surface area contributed by atoms with Crippen LogP contribution in [0.3, 0.4) is 0 Å². The van der Waals surface area contributed by atoms with E-state index in [-0.39, 0.29) is 18.4 Å². The maximum absolute atomic E-state index is 12.0. The molecule has 3 heterocycles. The molecule has 2 aliphatic heterocycles. The summed E-state index contributed by atoms with van der Waals surface area (Å²) in [5.41, 5.74) is 0. The van der Waals surface area contributed by atoms with Gasteiger partial charge in [-0.25, -0.2) is 0 Å². The standard InChI is InChI=1S/C16H27N5O2/c1-19-14(11-20-7-3-4-8-20)17-18-16(19)13-6-5-9-21(10-13)15(22)12-23-2/h13H,3-12H2,1-2H3. The smallest absolute Gasteiger partial charge is 0.248 e. The van der Waals surface area contributed by atoms with E-state index in [9.17, 15) is 4.79 Å². The molecule has 3 rings (SSSR count). The van der Waals surface area contributed by atoms with Gasteiger partial charge in [0.2, 0.25) is 5.91 Å². The average Bonchev–Trinajstić information content (AvgIpc) is 3.19. The number of likely N-dealkylation sites (tertiary alicyclic amines) is 2. The van der Waals surface area contributed by atoms with Crippen molar-refractivity contribution in [3.05, 3.63) is 11.6 Å². The highest BCUT2D eigenvalue weighted by Gasteiger charge is 2.28. The van der Waals surface area contributed by atoms with Gasteiger partial charge in [-0.2, -0.15) is 0 Å². The zero-order chi connectivity index (χ0) is 16.2. The Labute approximate surface area is 137 Å². The molecule has 0 radical (unpaired) electrons. The molecule has 0 aromatic carbocycles. The Morgan fingerprint density at radius 2 is 2.00 bits per heavy atom. The van der Waals surface area contributed by atoms with Crippen LogP contribution < -0.4 is 0 Å². The van der Waals surface area contributed by atoms with Gasteiger partial charge in [-0.1, -0.05) is 0 Å². The van der Waals surface area contributed by atoms with Gasteiger partial charge in [0.25, 0.3) is 0 Å². The largest absolute Gasteiger partial charge is 0.375 e. The Hall–Kier alpha value is -1.47. The predicted molar refractivity (Wildman–Crippen MR) is 85.9 cm³/mol. The molecule has 23 heavy (non-hydrogen) atoms. The summed E-state index contributed by atoms with van der Waals surface area (Å²) in [6.07, 6.45) is 4.63. The second-order valence-electron chi connectivity index (χ2n) is 6.63. The van der Waals surface area contributed by atoms with Crippen molar-refractivity contribution in [2.75, 3.05) is 39.9 Å². The quantitative estimate of drug-likeness (QED) is 0.801. The number of aromatic nitrogens is 3. The minimum absolute atomic E-state index is 0.0664. The second-order valence-corrected chi connectivity index (χ2v) is 6.63. The van der Waals surface area contributed by atoms with E-state index in [0.717, 1.165) is 57.2 Å². The molecule has 1 atom stereocenters. The number of ether oxygens (including phenoxy) is 1. The SMILES string of the molecule is COCC(=O)N1CCCC(c2nnc(CN3CCCC3)n2C)C1. The molecule has 1 aromatic rings. The molecule has 7 heteroatoms. The monoisotopic (exact) mass is 321 g/mol. The van der Waals surface area contributed by atoms with Gasteiger partial charge in [0.1, 0.15) is 18.3 Å². The Bertz CT molecular complexity index is 539. The number of methoxy groups -OCH3 is 1. The molecule has 1 unspecified atom stereocenters. The molecule has 0 bridgehead atoms. The van der Waals surface area contributed by atoms with E-state index in [4.69, 9.17) is 4.74 Å². The molecular formula is C16H27N5O2. The molecule has 2 fully saturated rings. The van der Waals surface area contributed by atoms with Crippen LogP contribution in [0.2, 0.25) is 0 Å². The number of amides is 1. The lowest BCUT2D eigenvalue weighted by atomic mass is 9.97. The summed E-state index contributed by atoms with van der Waals surface area (Å²) < 4.78 is 7.10. The molecular weight excluding hydrogens is 294 g/mol. The number of rotatable bonds is 5. The first-order chi connectivity index (χ1) is 11.2. The Kier molecular flexibility index (Phi) is 5.27. The molecule has 1 amide bonds. The summed E-state index contributed by atoms with van der Waals surface area (Å²) in [6, 6.07) is 0. The van der Waals surface area contributed by atoms with E-state index >= 15 is 0 Å². The van der Waals surface area contributed by atoms with Gasteiger partial charge in [0.05, 0.1) is 6.54 Å². The molecule has 2 aliphatic rings. The van der Waals surface area contributed by atoms with Gasteiger partial charge in [-0.3, -0.25) is 9.69 Å². The van der Waals surface area contributed by atoms with Crippen molar-refractivity contribution >= 4 is 5.91 Å². The van der Waals surface area contributed by atoms with E-state index < -0.39 is 0 Å². The van der Waals surface area contributed by atoms with Crippen LogP contribution in [0, 0.1) is 0 Å². The fourth-order valence-corrected chi connectivity index (χ4v) is 3.64. The molecule has 0 N–H and O–H groups in total. The van der Waals surface area contributed by atoms with Gasteiger partial charge in [0.15, 0.2) is 0 Å². The number of carbonyl (C=O) groups is 1. The Balaban J connectivity index is 1.66. The van der Waals surface area contributed by atoms with Crippen molar-refractivity contribution in [3.8, 4) is 0 Å². The van der Waals surface area contributed by atoms with Crippen LogP contribution in [0.5, 0.6) is 0 Å². The molecule has 2 saturated heterocycles. The fraction of sp³-hybridized carbons (Fsp3) is 0.812. The van der Waals surface area contributed by atoms with Crippen LogP contribution in [-0.2, 0) is 23.1 Å². The van der Waals surface area contributed by atoms with E-state index in [0.29, 0.717) is 0 Å². The summed E-state index contributed by atoms with van der Waals surface area (Å²) in [5.74, 6) is 2.38. The molecule has 0 saturated carbocycles. The third-order valence-electron chi connectivity index (χ3n) is 4.97. The van der Waals surface area contributed by atoms with Gasteiger partial charge in [-0.15, -0.1) is 10.2 Å². The summed E-state index contributed by atoms with van der Waals surface area (Å²) >= 11 is 0. The number of nitrogens with zero attached hydrogens (tertiary/aromatic N) is 5. The number of hydrogen-bond donors (Lipinski definition) is 0. The zero-order valence-electron chi connectivity index (χ0n) is 14.2. The topological polar surface area (TPSA) is 63.5 Å². The summed E-state index contributed by atoms with van der Waals surface area (Å²) in [5, 5.41) is 8.84. The van der Waals surface area contributed by atoms with E-state index in [1.165, 1.54) is 12.8 Å². The Morgan fingerprint density at radius 3 is 2.74 bits per heavy atom. The zero-order valence-corrected chi connectivity index (χ0v) is 14.2. The molecule has 1 aromatic heterocycles. The summed E-state index contributed by atoms with van der Waals surface area (Å²) in [4.78, 5) is 16.4. The van der Waals surface area contributed by atoms with Crippen LogP contribution >= 0.6 is 0 Å². The first-order valence-corrected chi connectivity index (χ1v) is 8.56. The Morgan fingerprint density at radius 1 is 1.22 bits per heavy atom. The van der Waals surface area contributed by atoms with Crippen molar-refractivity contribution in [1.29, 1.82) is 0 Å². The molecule has 0 aliphatic carbocycles. The summed E-state index contributed by atoms with van der Waals surface area (Å²) in [6.45, 7) is 4.89. The predicted octanol–water partition coefficient (Wildman–Crippen LogP) is 0.763. The lowest BCUT2D eigenvalue weighted by molar-refractivity contribution is -0.136. The summed E-state index contributed by atoms with van der Waals surface area (Å²) in [7, 11) is 3.61. The third-order valence-corrected chi connectivity index (χ3v) is 4.97. The lowest BCUT2D eigenvalue weighted by Crippen LogP contribution is -2.41. The highest BCUT2D eigenvalue weighted by molar-refractivity contribution is 5.77.